The summed E-state index contributed by atoms with van der Waals surface area (Å²) in [5.74, 6) is -2.98. The van der Waals surface area contributed by atoms with Gasteiger partial charge in [-0.25, -0.2) is 13.6 Å². The van der Waals surface area contributed by atoms with E-state index in [0.29, 0.717) is 17.3 Å². The highest BCUT2D eigenvalue weighted by Gasteiger charge is 2.34. The predicted octanol–water partition coefficient (Wildman–Crippen LogP) is 3.37. The van der Waals surface area contributed by atoms with E-state index in [1.54, 1.807) is 12.1 Å². The van der Waals surface area contributed by atoms with Gasteiger partial charge in [0.05, 0.1) is 4.91 Å². The first-order chi connectivity index (χ1) is 15.8. The highest BCUT2D eigenvalue weighted by molar-refractivity contribution is 8.18. The number of carbonyl (C=O) groups is 4. The number of ether oxygens (including phenoxy) is 1. The van der Waals surface area contributed by atoms with Crippen LogP contribution in [-0.2, 0) is 19.1 Å². The van der Waals surface area contributed by atoms with Crippen molar-refractivity contribution in [3.63, 3.8) is 0 Å². The third kappa shape index (κ3) is 6.84. The number of thioether (sulfide) groups is 1. The third-order valence-electron chi connectivity index (χ3n) is 4.33. The Hall–Kier alpha value is -3.79. The molecular formula is C23H18F2N2O5S. The summed E-state index contributed by atoms with van der Waals surface area (Å²) >= 11 is 0.682. The Morgan fingerprint density at radius 2 is 1.88 bits per heavy atom. The number of benzene rings is 2. The quantitative estimate of drug-likeness (QED) is 0.468. The van der Waals surface area contributed by atoms with E-state index in [9.17, 15) is 28.0 Å². The van der Waals surface area contributed by atoms with Crippen LogP contribution in [0.1, 0.15) is 11.1 Å². The van der Waals surface area contributed by atoms with Crippen molar-refractivity contribution in [3.8, 4) is 0 Å². The van der Waals surface area contributed by atoms with Crippen molar-refractivity contribution in [2.24, 2.45) is 0 Å². The minimum atomic E-state index is -0.793. The molecule has 33 heavy (non-hydrogen) atoms. The number of esters is 1. The van der Waals surface area contributed by atoms with E-state index >= 15 is 0 Å². The number of imide groups is 1. The van der Waals surface area contributed by atoms with Crippen LogP contribution in [0.15, 0.2) is 59.5 Å². The van der Waals surface area contributed by atoms with Crippen LogP contribution in [0.2, 0.25) is 0 Å². The maximum Gasteiger partial charge on any atom is 0.331 e. The van der Waals surface area contributed by atoms with Gasteiger partial charge in [0.25, 0.3) is 17.1 Å². The second-order valence-corrected chi connectivity index (χ2v) is 7.69. The summed E-state index contributed by atoms with van der Waals surface area (Å²) in [6, 6.07) is 11.4. The summed E-state index contributed by atoms with van der Waals surface area (Å²) in [6.07, 6.45) is 3.71. The molecule has 0 saturated carbocycles. The fourth-order valence-electron chi connectivity index (χ4n) is 2.74. The predicted molar refractivity (Wildman–Crippen MR) is 118 cm³/mol. The minimum absolute atomic E-state index is 0.0550. The Morgan fingerprint density at radius 3 is 2.64 bits per heavy atom. The van der Waals surface area contributed by atoms with Crippen LogP contribution in [-0.4, -0.2) is 47.6 Å². The molecule has 3 rings (SSSR count). The van der Waals surface area contributed by atoms with Crippen LogP contribution in [0.5, 0.6) is 0 Å². The van der Waals surface area contributed by atoms with Crippen molar-refractivity contribution in [2.75, 3.05) is 19.7 Å². The standard InChI is InChI=1S/C23H18F2N2O5S/c24-17-6-3-4-15(12-17)8-9-21(29)32-14-20(28)26-10-11-27-22(30)19(33-23(27)31)13-16-5-1-2-7-18(16)25/h1-9,12-13H,10-11,14H2,(H,26,28)/b9-8+,19-13-. The zero-order chi connectivity index (χ0) is 23.8. The molecule has 0 aromatic heterocycles. The van der Waals surface area contributed by atoms with Gasteiger partial charge in [-0.05, 0) is 47.7 Å². The van der Waals surface area contributed by atoms with E-state index in [4.69, 9.17) is 4.74 Å². The normalized spacial score (nSPS) is 14.8. The molecule has 0 atom stereocenters. The molecule has 0 spiro atoms. The second-order valence-electron chi connectivity index (χ2n) is 6.70. The SMILES string of the molecule is O=C(COC(=O)/C=C/c1cccc(F)c1)NCCN1C(=O)S/C(=C\c2ccccc2F)C1=O. The lowest BCUT2D eigenvalue weighted by molar-refractivity contribution is -0.143. The van der Waals surface area contributed by atoms with Gasteiger partial charge in [0, 0.05) is 24.7 Å². The Kier molecular flexibility index (Phi) is 8.09. The van der Waals surface area contributed by atoms with Crippen LogP contribution < -0.4 is 5.32 Å². The van der Waals surface area contributed by atoms with Crippen LogP contribution in [0, 0.1) is 11.6 Å². The molecule has 1 fully saturated rings. The summed E-state index contributed by atoms with van der Waals surface area (Å²) < 4.78 is 31.6. The number of hydrogen-bond acceptors (Lipinski definition) is 6. The Labute approximate surface area is 192 Å². The van der Waals surface area contributed by atoms with Gasteiger partial charge >= 0.3 is 5.97 Å². The Morgan fingerprint density at radius 1 is 1.09 bits per heavy atom. The summed E-state index contributed by atoms with van der Waals surface area (Å²) in [7, 11) is 0. The third-order valence-corrected chi connectivity index (χ3v) is 5.24. The van der Waals surface area contributed by atoms with Crippen molar-refractivity contribution in [1.82, 2.24) is 10.2 Å². The molecule has 1 saturated heterocycles. The molecule has 0 aliphatic carbocycles. The number of halogens is 2. The zero-order valence-corrected chi connectivity index (χ0v) is 17.9. The largest absolute Gasteiger partial charge is 0.452 e. The molecule has 2 aromatic carbocycles. The first-order valence-corrected chi connectivity index (χ1v) is 10.5. The highest BCUT2D eigenvalue weighted by atomic mass is 32.2. The maximum absolute atomic E-state index is 13.8. The van der Waals surface area contributed by atoms with E-state index in [0.717, 1.165) is 11.0 Å². The van der Waals surface area contributed by atoms with Crippen molar-refractivity contribution >= 4 is 46.9 Å². The summed E-state index contributed by atoms with van der Waals surface area (Å²) in [6.45, 7) is -0.722. The van der Waals surface area contributed by atoms with Gasteiger partial charge in [-0.1, -0.05) is 30.3 Å². The van der Waals surface area contributed by atoms with E-state index < -0.39 is 41.3 Å². The fraction of sp³-hybridized carbons (Fsp3) is 0.130. The Bertz CT molecular complexity index is 1150. The number of nitrogens with one attached hydrogen (secondary N) is 1. The number of amides is 3. The van der Waals surface area contributed by atoms with Crippen molar-refractivity contribution in [3.05, 3.63) is 82.3 Å². The lowest BCUT2D eigenvalue weighted by atomic mass is 10.2. The summed E-state index contributed by atoms with van der Waals surface area (Å²) in [4.78, 5) is 49.0. The Balaban J connectivity index is 1.43. The minimum Gasteiger partial charge on any atom is -0.452 e. The van der Waals surface area contributed by atoms with Gasteiger partial charge in [-0.2, -0.15) is 0 Å². The van der Waals surface area contributed by atoms with Crippen LogP contribution in [0.3, 0.4) is 0 Å². The first kappa shape index (κ1) is 23.9. The molecule has 2 aromatic rings. The number of nitrogens with zero attached hydrogens (tertiary/aromatic N) is 1. The molecule has 7 nitrogen and oxygen atoms in total. The van der Waals surface area contributed by atoms with Gasteiger partial charge in [-0.15, -0.1) is 0 Å². The number of hydrogen-bond donors (Lipinski definition) is 1. The average Bonchev–Trinajstić information content (AvgIpc) is 3.05. The lowest BCUT2D eigenvalue weighted by Crippen LogP contribution is -2.38. The molecular weight excluding hydrogens is 454 g/mol. The molecule has 170 valence electrons. The number of carbonyl (C=O) groups excluding carboxylic acids is 4. The van der Waals surface area contributed by atoms with Crippen LogP contribution in [0.25, 0.3) is 12.2 Å². The molecule has 0 radical (unpaired) electrons. The zero-order valence-electron chi connectivity index (χ0n) is 17.1. The molecule has 0 bridgehead atoms. The smallest absolute Gasteiger partial charge is 0.331 e. The molecule has 1 aliphatic heterocycles. The highest BCUT2D eigenvalue weighted by Crippen LogP contribution is 2.32. The van der Waals surface area contributed by atoms with Crippen LogP contribution >= 0.6 is 11.8 Å². The van der Waals surface area contributed by atoms with Gasteiger partial charge in [0.15, 0.2) is 6.61 Å². The monoisotopic (exact) mass is 472 g/mol. The topological polar surface area (TPSA) is 92.8 Å². The first-order valence-electron chi connectivity index (χ1n) is 9.70. The molecule has 0 unspecified atom stereocenters. The number of rotatable bonds is 8. The lowest BCUT2D eigenvalue weighted by Gasteiger charge is -2.12. The molecule has 10 heteroatoms. The van der Waals surface area contributed by atoms with Crippen molar-refractivity contribution in [2.45, 2.75) is 0 Å². The van der Waals surface area contributed by atoms with E-state index in [-0.39, 0.29) is 23.6 Å². The van der Waals surface area contributed by atoms with Gasteiger partial charge in [-0.3, -0.25) is 19.3 Å². The van der Waals surface area contributed by atoms with Gasteiger partial charge < -0.3 is 10.1 Å². The molecule has 1 N–H and O–H groups in total. The maximum atomic E-state index is 13.8. The summed E-state index contributed by atoms with van der Waals surface area (Å²) in [5, 5.41) is 1.90. The fourth-order valence-corrected chi connectivity index (χ4v) is 3.60. The van der Waals surface area contributed by atoms with E-state index in [2.05, 4.69) is 5.32 Å². The molecule has 1 heterocycles. The second kappa shape index (κ2) is 11.2. The van der Waals surface area contributed by atoms with Gasteiger partial charge in [0.2, 0.25) is 0 Å². The van der Waals surface area contributed by atoms with Crippen molar-refractivity contribution < 1.29 is 32.7 Å². The van der Waals surface area contributed by atoms with Crippen molar-refractivity contribution in [1.29, 1.82) is 0 Å². The molecule has 3 amide bonds. The molecule has 1 aliphatic rings. The summed E-state index contributed by atoms with van der Waals surface area (Å²) in [5.41, 5.74) is 0.641. The van der Waals surface area contributed by atoms with Gasteiger partial charge in [0.1, 0.15) is 11.6 Å². The average molecular weight is 472 g/mol. The van der Waals surface area contributed by atoms with E-state index in [1.807, 2.05) is 0 Å². The van der Waals surface area contributed by atoms with Crippen LogP contribution in [0.4, 0.5) is 13.6 Å². The van der Waals surface area contributed by atoms with E-state index in [1.165, 1.54) is 48.6 Å².